The lowest BCUT2D eigenvalue weighted by Gasteiger charge is -2.37. The molecule has 0 spiro atoms. The van der Waals surface area contributed by atoms with E-state index in [1.807, 2.05) is 0 Å². The number of nitrogens with zero attached hydrogens (tertiary/aromatic N) is 4. The Kier molecular flexibility index (Phi) is 3.86. The van der Waals surface area contributed by atoms with Gasteiger partial charge in [0.05, 0.1) is 0 Å². The van der Waals surface area contributed by atoms with Gasteiger partial charge in [-0.05, 0) is 12.8 Å². The number of hydrogen-bond donors (Lipinski definition) is 1. The molecule has 1 aliphatic heterocycles. The summed E-state index contributed by atoms with van der Waals surface area (Å²) in [6.07, 6.45) is 5.03. The molecule has 1 saturated carbocycles. The average Bonchev–Trinajstić information content (AvgIpc) is 2.35. The topological polar surface area (TPSA) is 82.2 Å². The van der Waals surface area contributed by atoms with E-state index >= 15 is 0 Å². The van der Waals surface area contributed by atoms with Crippen molar-refractivity contribution in [1.82, 2.24) is 14.2 Å². The lowest BCUT2D eigenvalue weighted by molar-refractivity contribution is 0.176. The third-order valence-corrected chi connectivity index (χ3v) is 4.35. The molecule has 8 heteroatoms. The zero-order valence-corrected chi connectivity index (χ0v) is 11.5. The fourth-order valence-electron chi connectivity index (χ4n) is 2.31. The highest BCUT2D eigenvalue weighted by atomic mass is 32.2. The number of hydrogen-bond acceptors (Lipinski definition) is 4. The summed E-state index contributed by atoms with van der Waals surface area (Å²) < 4.78 is 17.4. The van der Waals surface area contributed by atoms with E-state index in [0.717, 1.165) is 30.7 Å². The lowest BCUT2D eigenvalue weighted by Crippen LogP contribution is -2.60. The summed E-state index contributed by atoms with van der Waals surface area (Å²) in [6.45, 7) is 0. The van der Waals surface area contributed by atoms with Crippen molar-refractivity contribution < 1.29 is 9.00 Å². The van der Waals surface area contributed by atoms with Crippen LogP contribution in [0.25, 0.3) is 0 Å². The minimum absolute atomic E-state index is 0.00871. The van der Waals surface area contributed by atoms with Crippen LogP contribution in [0.5, 0.6) is 0 Å². The predicted octanol–water partition coefficient (Wildman–Crippen LogP) is 0.427. The van der Waals surface area contributed by atoms with E-state index in [0.29, 0.717) is 0 Å². The van der Waals surface area contributed by atoms with Gasteiger partial charge >= 0.3 is 6.03 Å². The largest absolute Gasteiger partial charge is 0.354 e. The number of hydrazine groups is 1. The van der Waals surface area contributed by atoms with Gasteiger partial charge < -0.3 is 4.90 Å². The van der Waals surface area contributed by atoms with Crippen LogP contribution in [0.1, 0.15) is 32.1 Å². The number of guanidine groups is 1. The molecule has 0 aromatic rings. The van der Waals surface area contributed by atoms with E-state index in [-0.39, 0.29) is 12.0 Å². The highest BCUT2D eigenvalue weighted by molar-refractivity contribution is 7.82. The summed E-state index contributed by atoms with van der Waals surface area (Å²) in [7, 11) is 3.42. The van der Waals surface area contributed by atoms with Gasteiger partial charge in [0.15, 0.2) is 0 Å². The average molecular weight is 273 g/mol. The molecule has 0 aromatic heterocycles. The first-order valence-corrected chi connectivity index (χ1v) is 7.14. The molecular weight excluding hydrogens is 254 g/mol. The van der Waals surface area contributed by atoms with Gasteiger partial charge in [-0.1, -0.05) is 19.3 Å². The molecule has 2 rings (SSSR count). The van der Waals surface area contributed by atoms with Gasteiger partial charge in [0.2, 0.25) is 5.96 Å². The van der Waals surface area contributed by atoms with Crippen molar-refractivity contribution in [3.63, 3.8) is 0 Å². The molecule has 18 heavy (non-hydrogen) atoms. The molecule has 1 aliphatic carbocycles. The maximum atomic E-state index is 12.2. The van der Waals surface area contributed by atoms with Crippen LogP contribution in [0.3, 0.4) is 0 Å². The number of carbonyl (C=O) groups excluding carboxylic acids is 1. The van der Waals surface area contributed by atoms with Crippen LogP contribution >= 0.6 is 0 Å². The SMILES string of the molecule is CN(C)C1=NS(=O)N(C2CCCCC2)C(=O)N1N. The first-order valence-electron chi connectivity index (χ1n) is 6.08. The fraction of sp³-hybridized carbons (Fsp3) is 0.800. The number of rotatable bonds is 1. The van der Waals surface area contributed by atoms with Gasteiger partial charge in [-0.3, -0.25) is 0 Å². The van der Waals surface area contributed by atoms with Crippen molar-refractivity contribution in [3.05, 3.63) is 0 Å². The summed E-state index contributed by atoms with van der Waals surface area (Å²) in [5, 5.41) is 0.968. The van der Waals surface area contributed by atoms with Crippen LogP contribution in [0.15, 0.2) is 4.40 Å². The quantitative estimate of drug-likeness (QED) is 0.554. The standard InChI is InChI=1S/C10H19N5O2S/c1-13(2)9-12-18(17)15(10(16)14(9)11)8-6-4-3-5-7-8/h8H,3-7,11H2,1-2H3. The predicted molar refractivity (Wildman–Crippen MR) is 69.4 cm³/mol. The Morgan fingerprint density at radius 3 is 2.50 bits per heavy atom. The van der Waals surface area contributed by atoms with Crippen LogP contribution in [0.4, 0.5) is 4.79 Å². The fourth-order valence-corrected chi connectivity index (χ4v) is 3.48. The van der Waals surface area contributed by atoms with Gasteiger partial charge in [0.25, 0.3) is 11.2 Å². The van der Waals surface area contributed by atoms with E-state index in [1.54, 1.807) is 19.0 Å². The Labute approximate surface area is 109 Å². The van der Waals surface area contributed by atoms with Crippen LogP contribution in [0, 0.1) is 0 Å². The molecule has 0 saturated heterocycles. The molecule has 0 aromatic carbocycles. The number of carbonyl (C=O) groups is 1. The second-order valence-electron chi connectivity index (χ2n) is 4.79. The van der Waals surface area contributed by atoms with E-state index < -0.39 is 17.2 Å². The number of nitrogens with two attached hydrogens (primary N) is 1. The number of urea groups is 1. The van der Waals surface area contributed by atoms with Gasteiger partial charge in [-0.15, -0.1) is 4.40 Å². The highest BCUT2D eigenvalue weighted by Crippen LogP contribution is 2.26. The molecular formula is C10H19N5O2S. The van der Waals surface area contributed by atoms with Gasteiger partial charge in [-0.25, -0.2) is 19.2 Å². The Bertz CT molecular complexity index is 392. The van der Waals surface area contributed by atoms with Gasteiger partial charge in [0, 0.05) is 20.1 Å². The molecule has 7 nitrogen and oxygen atoms in total. The summed E-state index contributed by atoms with van der Waals surface area (Å²) in [5.74, 6) is 5.95. The zero-order chi connectivity index (χ0) is 13.3. The van der Waals surface area contributed by atoms with Crippen LogP contribution in [-0.2, 0) is 11.2 Å². The minimum atomic E-state index is -1.67. The monoisotopic (exact) mass is 273 g/mol. The molecule has 1 fully saturated rings. The Morgan fingerprint density at radius 1 is 1.33 bits per heavy atom. The second kappa shape index (κ2) is 5.23. The maximum Gasteiger partial charge on any atom is 0.354 e. The summed E-state index contributed by atoms with van der Waals surface area (Å²) in [5.41, 5.74) is 0. The summed E-state index contributed by atoms with van der Waals surface area (Å²) in [6, 6.07) is -0.440. The molecule has 0 radical (unpaired) electrons. The van der Waals surface area contributed by atoms with E-state index in [4.69, 9.17) is 5.84 Å². The van der Waals surface area contributed by atoms with Gasteiger partial charge in [-0.2, -0.15) is 5.01 Å². The Hall–Kier alpha value is -1.15. The second-order valence-corrected chi connectivity index (χ2v) is 5.82. The van der Waals surface area contributed by atoms with Crippen LogP contribution < -0.4 is 5.84 Å². The summed E-state index contributed by atoms with van der Waals surface area (Å²) >= 11 is -1.67. The Morgan fingerprint density at radius 2 is 1.94 bits per heavy atom. The highest BCUT2D eigenvalue weighted by Gasteiger charge is 2.38. The van der Waals surface area contributed by atoms with E-state index in [1.165, 1.54) is 10.7 Å². The van der Waals surface area contributed by atoms with Crippen molar-refractivity contribution in [1.29, 1.82) is 0 Å². The lowest BCUT2D eigenvalue weighted by atomic mass is 9.96. The molecule has 1 heterocycles. The third kappa shape index (κ3) is 2.35. The third-order valence-electron chi connectivity index (χ3n) is 3.24. The van der Waals surface area contributed by atoms with Crippen molar-refractivity contribution in [2.75, 3.05) is 14.1 Å². The van der Waals surface area contributed by atoms with Crippen LogP contribution in [-0.4, -0.2) is 50.6 Å². The van der Waals surface area contributed by atoms with Crippen LogP contribution in [0.2, 0.25) is 0 Å². The molecule has 2 aliphatic rings. The number of amides is 2. The normalized spacial score (nSPS) is 26.3. The minimum Gasteiger partial charge on any atom is -0.347 e. The molecule has 102 valence electrons. The molecule has 2 N–H and O–H groups in total. The molecule has 1 unspecified atom stereocenters. The van der Waals surface area contributed by atoms with Gasteiger partial charge in [0.1, 0.15) is 0 Å². The van der Waals surface area contributed by atoms with Crippen molar-refractivity contribution in [2.45, 2.75) is 38.1 Å². The first-order chi connectivity index (χ1) is 8.52. The molecule has 1 atom stereocenters. The first kappa shape index (κ1) is 13.3. The van der Waals surface area contributed by atoms with Crippen molar-refractivity contribution in [2.24, 2.45) is 10.2 Å². The van der Waals surface area contributed by atoms with Crippen molar-refractivity contribution in [3.8, 4) is 0 Å². The maximum absolute atomic E-state index is 12.2. The smallest absolute Gasteiger partial charge is 0.347 e. The van der Waals surface area contributed by atoms with Crippen molar-refractivity contribution >= 4 is 23.2 Å². The zero-order valence-electron chi connectivity index (χ0n) is 10.7. The Balaban J connectivity index is 2.23. The molecule has 2 amide bonds. The van der Waals surface area contributed by atoms with E-state index in [2.05, 4.69) is 4.40 Å². The van der Waals surface area contributed by atoms with E-state index in [9.17, 15) is 9.00 Å². The molecule has 0 bridgehead atoms. The summed E-state index contributed by atoms with van der Waals surface area (Å²) in [4.78, 5) is 13.8.